The van der Waals surface area contributed by atoms with Gasteiger partial charge in [0, 0.05) is 18.4 Å². The van der Waals surface area contributed by atoms with Crippen LogP contribution in [-0.4, -0.2) is 194 Å². The highest BCUT2D eigenvalue weighted by Crippen LogP contribution is 2.73. The van der Waals surface area contributed by atoms with E-state index in [0.717, 1.165) is 44.9 Å². The number of fused-ring (bicyclic) bond motifs is 6. The molecule has 8 aliphatic rings. The summed E-state index contributed by atoms with van der Waals surface area (Å²) in [7, 11) is 1.77. The molecule has 5 aliphatic carbocycles. The fourth-order valence-electron chi connectivity index (χ4n) is 14.3. The zero-order valence-electron chi connectivity index (χ0n) is 40.2. The van der Waals surface area contributed by atoms with Crippen LogP contribution in [0.4, 0.5) is 0 Å². The molecule has 0 bridgehead atoms. The Morgan fingerprint density at radius 2 is 1.19 bits per heavy atom. The molecule has 7 fully saturated rings. The fraction of sp³-hybridized carbons (Fsp3) is 0.918. The van der Waals surface area contributed by atoms with Gasteiger partial charge < -0.3 is 89.3 Å². The first-order valence-corrected chi connectivity index (χ1v) is 24.5. The minimum Gasteiger partial charge on any atom is -0.394 e. The van der Waals surface area contributed by atoms with E-state index >= 15 is 0 Å². The number of allylic oxidation sites excluding steroid dienone is 1. The highest BCUT2D eigenvalue weighted by molar-refractivity contribution is 5.38. The number of aliphatic hydroxyl groups excluding tert-OH is 11. The van der Waals surface area contributed by atoms with E-state index in [-0.39, 0.29) is 52.1 Å². The molecule has 0 radical (unpaired) electrons. The highest BCUT2D eigenvalue weighted by Gasteiger charge is 2.67. The molecule has 384 valence electrons. The van der Waals surface area contributed by atoms with Gasteiger partial charge in [0.05, 0.1) is 38.6 Å². The maximum Gasteiger partial charge on any atom is 0.187 e. The number of hydrogen-bond acceptors (Lipinski definition) is 18. The van der Waals surface area contributed by atoms with Crippen molar-refractivity contribution < 1.29 is 89.3 Å². The van der Waals surface area contributed by atoms with Crippen LogP contribution in [0.25, 0.3) is 0 Å². The molecular formula is C49H80O18. The second-order valence-corrected chi connectivity index (χ2v) is 23.4. The monoisotopic (exact) mass is 957 g/mol. The van der Waals surface area contributed by atoms with E-state index in [9.17, 15) is 56.2 Å². The maximum atomic E-state index is 11.7. The van der Waals surface area contributed by atoms with Crippen molar-refractivity contribution in [2.24, 2.45) is 50.7 Å². The topological polar surface area (TPSA) is 287 Å². The second kappa shape index (κ2) is 19.0. The van der Waals surface area contributed by atoms with Gasteiger partial charge in [-0.3, -0.25) is 0 Å². The Labute approximate surface area is 393 Å². The summed E-state index contributed by atoms with van der Waals surface area (Å²) in [4.78, 5) is 0. The van der Waals surface area contributed by atoms with E-state index in [0.29, 0.717) is 12.3 Å². The third kappa shape index (κ3) is 8.55. The van der Waals surface area contributed by atoms with Crippen LogP contribution in [0.5, 0.6) is 0 Å². The molecule has 67 heavy (non-hydrogen) atoms. The average molecular weight is 957 g/mol. The van der Waals surface area contributed by atoms with Crippen LogP contribution in [0.15, 0.2) is 23.8 Å². The Balaban J connectivity index is 1.10. The van der Waals surface area contributed by atoms with Crippen molar-refractivity contribution in [1.82, 2.24) is 0 Å². The summed E-state index contributed by atoms with van der Waals surface area (Å²) < 4.78 is 43.1. The van der Waals surface area contributed by atoms with Crippen LogP contribution in [0, 0.1) is 50.7 Å². The summed E-state index contributed by atoms with van der Waals surface area (Å²) in [6, 6.07) is 0. The summed E-state index contributed by atoms with van der Waals surface area (Å²) in [5.74, 6) is 0.564. The summed E-state index contributed by atoms with van der Waals surface area (Å²) >= 11 is 0. The van der Waals surface area contributed by atoms with Gasteiger partial charge in [-0.2, -0.15) is 0 Å². The van der Waals surface area contributed by atoms with Gasteiger partial charge in [0.2, 0.25) is 0 Å². The van der Waals surface area contributed by atoms with Crippen molar-refractivity contribution in [2.75, 3.05) is 33.5 Å². The quantitative estimate of drug-likeness (QED) is 0.122. The van der Waals surface area contributed by atoms with E-state index in [1.807, 2.05) is 0 Å². The summed E-state index contributed by atoms with van der Waals surface area (Å²) in [6.45, 7) is 16.5. The molecule has 0 spiro atoms. The predicted octanol–water partition coefficient (Wildman–Crippen LogP) is 0.0148. The summed E-state index contributed by atoms with van der Waals surface area (Å²) in [6.07, 6.45) is -16.6. The van der Waals surface area contributed by atoms with Gasteiger partial charge in [0.25, 0.3) is 0 Å². The standard InChI is InChI=1S/C49H80O18/c1-22-23-15-31(53)46(4,5)24(23)9-10-48(7)32(22)27(61-8)16-25-26-17-45(2,3)11-13-49(26,14-12-47(25,48)6)21-62-43-40(37(58)34(55)29(19-51)64-43)67-44-41(38(59)35(56)30(20-52)65-44)66-42-39(60)36(57)33(54)28(18-50)63-42/h16,23-24,26-44,50-60H,1,9-15,17-21H2,2-8H3. The van der Waals surface area contributed by atoms with Crippen molar-refractivity contribution >= 4 is 0 Å². The summed E-state index contributed by atoms with van der Waals surface area (Å²) in [5.41, 5.74) is 1.37. The molecule has 24 unspecified atom stereocenters. The minimum atomic E-state index is -1.91. The number of methoxy groups -OCH3 is 1. The van der Waals surface area contributed by atoms with Gasteiger partial charge >= 0.3 is 0 Å². The van der Waals surface area contributed by atoms with Crippen LogP contribution < -0.4 is 0 Å². The first-order valence-electron chi connectivity index (χ1n) is 24.5. The van der Waals surface area contributed by atoms with E-state index in [1.165, 1.54) is 11.1 Å². The molecule has 3 saturated heterocycles. The highest BCUT2D eigenvalue weighted by atomic mass is 16.8. The molecule has 24 atom stereocenters. The molecule has 3 aliphatic heterocycles. The number of aliphatic hydroxyl groups is 11. The van der Waals surface area contributed by atoms with Crippen molar-refractivity contribution in [3.05, 3.63) is 23.8 Å². The van der Waals surface area contributed by atoms with Crippen LogP contribution in [-0.2, 0) is 33.2 Å². The lowest BCUT2D eigenvalue weighted by Crippen LogP contribution is -2.67. The zero-order valence-corrected chi connectivity index (χ0v) is 40.2. The first-order chi connectivity index (χ1) is 31.4. The van der Waals surface area contributed by atoms with E-state index in [2.05, 4.69) is 47.6 Å². The molecular weight excluding hydrogens is 877 g/mol. The third-order valence-electron chi connectivity index (χ3n) is 19.1. The molecule has 0 amide bonds. The van der Waals surface area contributed by atoms with Crippen molar-refractivity contribution in [1.29, 1.82) is 0 Å². The normalized spacial score (nSPS) is 52.8. The Morgan fingerprint density at radius 1 is 0.657 bits per heavy atom. The van der Waals surface area contributed by atoms with Crippen LogP contribution >= 0.6 is 0 Å². The molecule has 8 rings (SSSR count). The van der Waals surface area contributed by atoms with Gasteiger partial charge in [-0.25, -0.2) is 0 Å². The molecule has 0 aromatic carbocycles. The molecule has 18 nitrogen and oxygen atoms in total. The zero-order chi connectivity index (χ0) is 48.9. The maximum absolute atomic E-state index is 11.7. The second-order valence-electron chi connectivity index (χ2n) is 23.4. The van der Waals surface area contributed by atoms with Crippen molar-refractivity contribution in [2.45, 2.75) is 197 Å². The molecule has 0 aromatic heterocycles. The Morgan fingerprint density at radius 3 is 1.79 bits per heavy atom. The fourth-order valence-corrected chi connectivity index (χ4v) is 14.3. The molecule has 18 heteroatoms. The Kier molecular flexibility index (Phi) is 14.8. The lowest BCUT2D eigenvalue weighted by molar-refractivity contribution is -0.394. The van der Waals surface area contributed by atoms with Gasteiger partial charge in [-0.15, -0.1) is 0 Å². The van der Waals surface area contributed by atoms with Crippen LogP contribution in [0.2, 0.25) is 0 Å². The predicted molar refractivity (Wildman–Crippen MR) is 236 cm³/mol. The van der Waals surface area contributed by atoms with Gasteiger partial charge in [0.1, 0.15) is 73.2 Å². The molecule has 11 N–H and O–H groups in total. The van der Waals surface area contributed by atoms with E-state index < -0.39 is 123 Å². The van der Waals surface area contributed by atoms with Crippen LogP contribution in [0.1, 0.15) is 92.9 Å². The SMILES string of the molecule is C=C1C2CC(O)C(C)(C)C2CCC2(C)C1C(OC)C=C1C3CC(C)(C)CCC3(COC3OC(CO)C(O)C(O)C3OC3OC(CO)C(O)C(O)C3OC3OC(CO)C(O)C(O)C3O)CCC12C. The summed E-state index contributed by atoms with van der Waals surface area (Å²) in [5, 5.41) is 118. The first kappa shape index (κ1) is 52.1. The average Bonchev–Trinajstić information content (AvgIpc) is 3.45. The van der Waals surface area contributed by atoms with Gasteiger partial charge in [0.15, 0.2) is 18.9 Å². The van der Waals surface area contributed by atoms with Crippen molar-refractivity contribution in [3.63, 3.8) is 0 Å². The molecule has 0 aromatic rings. The Hall–Kier alpha value is -1.24. The molecule has 4 saturated carbocycles. The Bertz CT molecular complexity index is 1790. The lowest BCUT2D eigenvalue weighted by Gasteiger charge is -2.66. The van der Waals surface area contributed by atoms with E-state index in [1.54, 1.807) is 7.11 Å². The minimum absolute atomic E-state index is 0.0178. The van der Waals surface area contributed by atoms with Crippen LogP contribution in [0.3, 0.4) is 0 Å². The largest absolute Gasteiger partial charge is 0.394 e. The van der Waals surface area contributed by atoms with Gasteiger partial charge in [-0.05, 0) is 90.8 Å². The number of rotatable bonds is 11. The van der Waals surface area contributed by atoms with Gasteiger partial charge in [-0.1, -0.05) is 65.3 Å². The smallest absolute Gasteiger partial charge is 0.187 e. The van der Waals surface area contributed by atoms with E-state index in [4.69, 9.17) is 39.7 Å². The molecule has 3 heterocycles. The number of hydrogen-bond donors (Lipinski definition) is 11. The lowest BCUT2D eigenvalue weighted by atomic mass is 9.39. The number of ether oxygens (including phenoxy) is 7. The third-order valence-corrected chi connectivity index (χ3v) is 19.1. The van der Waals surface area contributed by atoms with Crippen molar-refractivity contribution in [3.8, 4) is 0 Å².